The molecule has 1 atom stereocenters. The molecule has 1 aromatic carbocycles. The van der Waals surface area contributed by atoms with E-state index >= 15 is 0 Å². The van der Waals surface area contributed by atoms with Gasteiger partial charge in [0.1, 0.15) is 5.82 Å². The Kier molecular flexibility index (Phi) is 2.32. The number of nitrogens with zero attached hydrogens (tertiary/aromatic N) is 1. The van der Waals surface area contributed by atoms with Crippen LogP contribution >= 0.6 is 9.24 Å². The van der Waals surface area contributed by atoms with Crippen molar-refractivity contribution in [2.24, 2.45) is 0 Å². The van der Waals surface area contributed by atoms with Gasteiger partial charge in [0.05, 0.1) is 5.52 Å². The summed E-state index contributed by atoms with van der Waals surface area (Å²) >= 11 is 0. The van der Waals surface area contributed by atoms with E-state index in [4.69, 9.17) is 0 Å². The van der Waals surface area contributed by atoms with Crippen molar-refractivity contribution in [1.82, 2.24) is 4.57 Å². The van der Waals surface area contributed by atoms with Crippen molar-refractivity contribution in [3.63, 3.8) is 0 Å². The summed E-state index contributed by atoms with van der Waals surface area (Å²) in [6.07, 6.45) is 8.25. The number of benzene rings is 1. The molecule has 0 bridgehead atoms. The van der Waals surface area contributed by atoms with Gasteiger partial charge in [0.2, 0.25) is 0 Å². The minimum atomic E-state index is -0.0127. The molecule has 1 aliphatic heterocycles. The minimum absolute atomic E-state index is 0.0127. The Hall–Kier alpha value is -0.880. The molecule has 4 rings (SSSR count). The molecule has 2 aromatic rings. The molecule has 18 heavy (non-hydrogen) atoms. The molecule has 3 heteroatoms. The number of hydrogen-bond donors (Lipinski definition) is 0. The Labute approximate surface area is 109 Å². The fourth-order valence-corrected chi connectivity index (χ4v) is 3.80. The Morgan fingerprint density at radius 3 is 2.83 bits per heavy atom. The molecular weight excluding hydrogens is 244 g/mol. The third kappa shape index (κ3) is 1.36. The Morgan fingerprint density at radius 1 is 1.28 bits per heavy atom. The van der Waals surface area contributed by atoms with Gasteiger partial charge in [0.25, 0.3) is 0 Å². The fraction of sp³-hybridized carbons (Fsp3) is 0.467. The summed E-state index contributed by atoms with van der Waals surface area (Å²) in [4.78, 5) is 0. The van der Waals surface area contributed by atoms with Crippen LogP contribution in [0.1, 0.15) is 42.7 Å². The van der Waals surface area contributed by atoms with Crippen LogP contribution in [0.3, 0.4) is 0 Å². The molecule has 2 heterocycles. The maximum atomic E-state index is 14.5. The number of aromatic nitrogens is 1. The number of hydrogen-bond acceptors (Lipinski definition) is 0. The maximum absolute atomic E-state index is 14.5. The Balaban J connectivity index is 2.08. The van der Waals surface area contributed by atoms with Gasteiger partial charge >= 0.3 is 0 Å². The molecule has 1 nitrogen and oxygen atoms in total. The quantitative estimate of drug-likeness (QED) is 0.692. The van der Waals surface area contributed by atoms with E-state index in [1.807, 2.05) is 6.07 Å². The Morgan fingerprint density at radius 2 is 2.11 bits per heavy atom. The van der Waals surface area contributed by atoms with Gasteiger partial charge in [-0.25, -0.2) is 4.39 Å². The normalized spacial score (nSPS) is 19.2. The second-order valence-electron chi connectivity index (χ2n) is 5.67. The van der Waals surface area contributed by atoms with E-state index in [1.54, 1.807) is 0 Å². The van der Waals surface area contributed by atoms with E-state index in [-0.39, 0.29) is 5.82 Å². The first-order valence-electron chi connectivity index (χ1n) is 6.85. The molecule has 0 amide bonds. The van der Waals surface area contributed by atoms with Gasteiger partial charge in [0.15, 0.2) is 0 Å². The molecule has 94 valence electrons. The van der Waals surface area contributed by atoms with Crippen LogP contribution in [0.2, 0.25) is 0 Å². The lowest BCUT2D eigenvalue weighted by atomic mass is 9.80. The van der Waals surface area contributed by atoms with Gasteiger partial charge in [-0.05, 0) is 48.8 Å². The van der Waals surface area contributed by atoms with Crippen molar-refractivity contribution in [2.75, 3.05) is 0 Å². The second kappa shape index (κ2) is 3.81. The van der Waals surface area contributed by atoms with E-state index in [9.17, 15) is 4.39 Å². The first kappa shape index (κ1) is 11.0. The topological polar surface area (TPSA) is 4.93 Å². The lowest BCUT2D eigenvalue weighted by Gasteiger charge is -2.25. The van der Waals surface area contributed by atoms with E-state index in [0.717, 1.165) is 23.7 Å². The van der Waals surface area contributed by atoms with Gasteiger partial charge in [-0.15, -0.1) is 9.24 Å². The Bertz CT molecular complexity index is 640. The van der Waals surface area contributed by atoms with E-state index in [2.05, 4.69) is 20.0 Å². The highest BCUT2D eigenvalue weighted by molar-refractivity contribution is 7.27. The summed E-state index contributed by atoms with van der Waals surface area (Å²) < 4.78 is 16.8. The van der Waals surface area contributed by atoms with Gasteiger partial charge < -0.3 is 4.57 Å². The van der Waals surface area contributed by atoms with Gasteiger partial charge in [-0.1, -0.05) is 6.42 Å². The monoisotopic (exact) mass is 261 g/mol. The van der Waals surface area contributed by atoms with Crippen molar-refractivity contribution in [1.29, 1.82) is 0 Å². The van der Waals surface area contributed by atoms with Crippen LogP contribution in [0.15, 0.2) is 12.3 Å². The zero-order valence-electron chi connectivity index (χ0n) is 10.4. The largest absolute Gasteiger partial charge is 0.347 e. The van der Waals surface area contributed by atoms with Crippen LogP contribution < -0.4 is 5.30 Å². The van der Waals surface area contributed by atoms with Crippen LogP contribution in [-0.4, -0.2) is 4.57 Å². The van der Waals surface area contributed by atoms with Crippen LogP contribution in [0.4, 0.5) is 4.39 Å². The standard InChI is InChI=1S/C15H17FNP/c16-14-12(18)7-10-5-2-6-17-8-11(9-3-1-4-9)13(14)15(10)17/h7-9H,1-6,18H2. The van der Waals surface area contributed by atoms with Crippen LogP contribution in [0.25, 0.3) is 10.9 Å². The second-order valence-corrected chi connectivity index (χ2v) is 6.29. The molecule has 0 N–H and O–H groups in total. The number of halogens is 1. The maximum Gasteiger partial charge on any atom is 0.140 e. The van der Waals surface area contributed by atoms with Crippen molar-refractivity contribution in [3.05, 3.63) is 29.2 Å². The highest BCUT2D eigenvalue weighted by Gasteiger charge is 2.28. The minimum Gasteiger partial charge on any atom is -0.347 e. The third-order valence-electron chi connectivity index (χ3n) is 4.60. The average Bonchev–Trinajstić information content (AvgIpc) is 2.64. The molecule has 0 spiro atoms. The zero-order chi connectivity index (χ0) is 12.3. The predicted octanol–water partition coefficient (Wildman–Crippen LogP) is 3.49. The zero-order valence-corrected chi connectivity index (χ0v) is 11.5. The first-order valence-corrected chi connectivity index (χ1v) is 7.43. The van der Waals surface area contributed by atoms with Crippen molar-refractivity contribution >= 4 is 25.4 Å². The van der Waals surface area contributed by atoms with Crippen molar-refractivity contribution < 1.29 is 4.39 Å². The number of rotatable bonds is 1. The van der Waals surface area contributed by atoms with Gasteiger partial charge in [-0.2, -0.15) is 0 Å². The van der Waals surface area contributed by atoms with Crippen LogP contribution in [-0.2, 0) is 13.0 Å². The summed E-state index contributed by atoms with van der Waals surface area (Å²) in [5.41, 5.74) is 3.77. The summed E-state index contributed by atoms with van der Waals surface area (Å²) in [5, 5.41) is 1.65. The first-order chi connectivity index (χ1) is 8.75. The molecule has 2 aliphatic rings. The van der Waals surface area contributed by atoms with E-state index < -0.39 is 0 Å². The van der Waals surface area contributed by atoms with E-state index in [1.165, 1.54) is 42.3 Å². The SMILES string of the molecule is Fc1c(P)cc2c3c1c(C1CCC1)cn3CCC2. The molecule has 1 aliphatic carbocycles. The molecular formula is C15H17FNP. The molecule has 0 radical (unpaired) electrons. The third-order valence-corrected chi connectivity index (χ3v) is 5.02. The van der Waals surface area contributed by atoms with Gasteiger partial charge in [-0.3, -0.25) is 0 Å². The highest BCUT2D eigenvalue weighted by atomic mass is 31.0. The summed E-state index contributed by atoms with van der Waals surface area (Å²) in [7, 11) is 2.56. The summed E-state index contributed by atoms with van der Waals surface area (Å²) in [5.74, 6) is 0.585. The highest BCUT2D eigenvalue weighted by Crippen LogP contribution is 2.42. The molecule has 1 aromatic heterocycles. The lowest BCUT2D eigenvalue weighted by molar-refractivity contribution is 0.420. The molecule has 0 saturated heterocycles. The fourth-order valence-electron chi connectivity index (χ4n) is 3.45. The summed E-state index contributed by atoms with van der Waals surface area (Å²) in [6, 6.07) is 2.02. The lowest BCUT2D eigenvalue weighted by Crippen LogP contribution is -2.11. The average molecular weight is 261 g/mol. The van der Waals surface area contributed by atoms with Crippen molar-refractivity contribution in [3.8, 4) is 0 Å². The predicted molar refractivity (Wildman–Crippen MR) is 76.2 cm³/mol. The molecule has 1 fully saturated rings. The number of aryl methyl sites for hydroxylation is 2. The van der Waals surface area contributed by atoms with Crippen LogP contribution in [0.5, 0.6) is 0 Å². The van der Waals surface area contributed by atoms with Gasteiger partial charge in [0, 0.05) is 23.4 Å². The van der Waals surface area contributed by atoms with Crippen LogP contribution in [0, 0.1) is 5.82 Å². The smallest absolute Gasteiger partial charge is 0.140 e. The molecule has 1 unspecified atom stereocenters. The molecule has 1 saturated carbocycles. The van der Waals surface area contributed by atoms with E-state index in [0.29, 0.717) is 5.92 Å². The van der Waals surface area contributed by atoms with Crippen molar-refractivity contribution in [2.45, 2.75) is 44.6 Å². The summed E-state index contributed by atoms with van der Waals surface area (Å²) in [6.45, 7) is 1.05.